The number of hydrogen-bond donors (Lipinski definition) is 1. The molecule has 2 unspecified atom stereocenters. The van der Waals surface area contributed by atoms with Crippen LogP contribution >= 0.6 is 0 Å². The average molecular weight is 283 g/mol. The average Bonchev–Trinajstić information content (AvgIpc) is 2.56. The molecule has 0 amide bonds. The highest BCUT2D eigenvalue weighted by atomic mass is 16.6. The maximum Gasteiger partial charge on any atom is 0.161 e. The van der Waals surface area contributed by atoms with Crippen molar-refractivity contribution in [3.05, 3.63) is 59.7 Å². The molecule has 0 fully saturated rings. The van der Waals surface area contributed by atoms with E-state index in [1.807, 2.05) is 31.3 Å². The quantitative estimate of drug-likeness (QED) is 0.933. The standard InChI is InChI=1S/C18H21NO2/c1-3-13-8-10-14(11-9-13)18(19-2)17-12-20-15-6-4-5-7-16(15)21-17/h4-11,17-19H,3,12H2,1-2H3. The highest BCUT2D eigenvalue weighted by molar-refractivity contribution is 5.41. The molecule has 0 bridgehead atoms. The minimum atomic E-state index is -0.0302. The monoisotopic (exact) mass is 283 g/mol. The maximum absolute atomic E-state index is 6.11. The first-order chi connectivity index (χ1) is 10.3. The van der Waals surface area contributed by atoms with Gasteiger partial charge in [0.2, 0.25) is 0 Å². The molecule has 3 nitrogen and oxygen atoms in total. The van der Waals surface area contributed by atoms with E-state index < -0.39 is 0 Å². The third kappa shape index (κ3) is 2.88. The topological polar surface area (TPSA) is 30.5 Å². The van der Waals surface area contributed by atoms with Gasteiger partial charge in [-0.3, -0.25) is 0 Å². The number of aryl methyl sites for hydroxylation is 1. The Kier molecular flexibility index (Phi) is 4.11. The summed E-state index contributed by atoms with van der Waals surface area (Å²) in [4.78, 5) is 0. The van der Waals surface area contributed by atoms with Gasteiger partial charge in [-0.15, -0.1) is 0 Å². The SMILES string of the molecule is CCc1ccc(C(NC)C2COc3ccccc3O2)cc1. The summed E-state index contributed by atoms with van der Waals surface area (Å²) >= 11 is 0. The van der Waals surface area contributed by atoms with Crippen LogP contribution in [0.15, 0.2) is 48.5 Å². The zero-order valence-electron chi connectivity index (χ0n) is 12.5. The van der Waals surface area contributed by atoms with Gasteiger partial charge in [0.15, 0.2) is 17.6 Å². The Labute approximate surface area is 125 Å². The van der Waals surface area contributed by atoms with Gasteiger partial charge in [0.1, 0.15) is 6.61 Å². The van der Waals surface area contributed by atoms with E-state index in [0.29, 0.717) is 6.61 Å². The fourth-order valence-corrected chi connectivity index (χ4v) is 2.73. The Morgan fingerprint density at radius 1 is 1.10 bits per heavy atom. The lowest BCUT2D eigenvalue weighted by molar-refractivity contribution is 0.0638. The molecule has 0 saturated heterocycles. The van der Waals surface area contributed by atoms with Crippen LogP contribution in [0.4, 0.5) is 0 Å². The number of nitrogens with one attached hydrogen (secondary N) is 1. The lowest BCUT2D eigenvalue weighted by Crippen LogP contribution is -2.40. The zero-order chi connectivity index (χ0) is 14.7. The molecule has 2 aromatic carbocycles. The summed E-state index contributed by atoms with van der Waals surface area (Å²) in [5, 5.41) is 3.35. The summed E-state index contributed by atoms with van der Waals surface area (Å²) in [7, 11) is 1.96. The predicted molar refractivity (Wildman–Crippen MR) is 84.0 cm³/mol. The van der Waals surface area contributed by atoms with Gasteiger partial charge in [-0.25, -0.2) is 0 Å². The number of likely N-dealkylation sites (N-methyl/N-ethyl adjacent to an activating group) is 1. The van der Waals surface area contributed by atoms with E-state index in [4.69, 9.17) is 9.47 Å². The summed E-state index contributed by atoms with van der Waals surface area (Å²) < 4.78 is 11.9. The van der Waals surface area contributed by atoms with Crippen LogP contribution in [-0.2, 0) is 6.42 Å². The van der Waals surface area contributed by atoms with Crippen molar-refractivity contribution in [3.63, 3.8) is 0 Å². The highest BCUT2D eigenvalue weighted by Crippen LogP contribution is 2.34. The molecule has 0 aliphatic carbocycles. The van der Waals surface area contributed by atoms with Gasteiger partial charge >= 0.3 is 0 Å². The molecule has 3 heteroatoms. The molecule has 110 valence electrons. The number of para-hydroxylation sites is 2. The van der Waals surface area contributed by atoms with Gasteiger partial charge in [-0.1, -0.05) is 43.3 Å². The Bertz CT molecular complexity index is 594. The highest BCUT2D eigenvalue weighted by Gasteiger charge is 2.28. The van der Waals surface area contributed by atoms with Gasteiger partial charge < -0.3 is 14.8 Å². The Morgan fingerprint density at radius 2 is 1.81 bits per heavy atom. The fourth-order valence-electron chi connectivity index (χ4n) is 2.73. The molecule has 1 aliphatic heterocycles. The van der Waals surface area contributed by atoms with Gasteiger partial charge in [-0.05, 0) is 36.7 Å². The van der Waals surface area contributed by atoms with E-state index in [0.717, 1.165) is 17.9 Å². The van der Waals surface area contributed by atoms with Crippen molar-refractivity contribution >= 4 is 0 Å². The van der Waals surface area contributed by atoms with E-state index in [1.54, 1.807) is 0 Å². The van der Waals surface area contributed by atoms with Crippen molar-refractivity contribution in [2.45, 2.75) is 25.5 Å². The van der Waals surface area contributed by atoms with Gasteiger partial charge in [0.25, 0.3) is 0 Å². The number of hydrogen-bond acceptors (Lipinski definition) is 3. The zero-order valence-corrected chi connectivity index (χ0v) is 12.5. The first-order valence-corrected chi connectivity index (χ1v) is 7.46. The molecule has 3 rings (SSSR count). The first-order valence-electron chi connectivity index (χ1n) is 7.46. The summed E-state index contributed by atoms with van der Waals surface area (Å²) in [5.41, 5.74) is 2.57. The third-order valence-electron chi connectivity index (χ3n) is 3.96. The van der Waals surface area contributed by atoms with E-state index >= 15 is 0 Å². The van der Waals surface area contributed by atoms with Gasteiger partial charge in [0.05, 0.1) is 6.04 Å². The van der Waals surface area contributed by atoms with Crippen molar-refractivity contribution in [1.29, 1.82) is 0 Å². The fraction of sp³-hybridized carbons (Fsp3) is 0.333. The molecular weight excluding hydrogens is 262 g/mol. The molecule has 2 atom stereocenters. The number of fused-ring (bicyclic) bond motifs is 1. The Hall–Kier alpha value is -2.00. The molecule has 0 aromatic heterocycles. The summed E-state index contributed by atoms with van der Waals surface area (Å²) in [6, 6.07) is 16.6. The van der Waals surface area contributed by atoms with Crippen LogP contribution in [-0.4, -0.2) is 19.8 Å². The molecule has 21 heavy (non-hydrogen) atoms. The van der Waals surface area contributed by atoms with Crippen molar-refractivity contribution in [2.75, 3.05) is 13.7 Å². The number of rotatable bonds is 4. The summed E-state index contributed by atoms with van der Waals surface area (Å²) in [5.74, 6) is 1.64. The minimum Gasteiger partial charge on any atom is -0.486 e. The normalized spacial score (nSPS) is 18.3. The van der Waals surface area contributed by atoms with Crippen LogP contribution in [0, 0.1) is 0 Å². The smallest absolute Gasteiger partial charge is 0.161 e. The molecule has 1 N–H and O–H groups in total. The second kappa shape index (κ2) is 6.19. The lowest BCUT2D eigenvalue weighted by atomic mass is 9.99. The lowest BCUT2D eigenvalue weighted by Gasteiger charge is -2.32. The molecule has 2 aromatic rings. The Morgan fingerprint density at radius 3 is 2.48 bits per heavy atom. The van der Waals surface area contributed by atoms with E-state index in [2.05, 4.69) is 36.5 Å². The van der Waals surface area contributed by atoms with Crippen LogP contribution in [0.2, 0.25) is 0 Å². The maximum atomic E-state index is 6.11. The molecular formula is C18H21NO2. The second-order valence-corrected chi connectivity index (χ2v) is 5.28. The molecule has 0 radical (unpaired) electrons. The van der Waals surface area contributed by atoms with Gasteiger partial charge in [0, 0.05) is 0 Å². The predicted octanol–water partition coefficient (Wildman–Crippen LogP) is 3.35. The molecule has 1 heterocycles. The van der Waals surface area contributed by atoms with E-state index in [1.165, 1.54) is 11.1 Å². The van der Waals surface area contributed by atoms with Crippen LogP contribution < -0.4 is 14.8 Å². The molecule has 0 saturated carbocycles. The van der Waals surface area contributed by atoms with Crippen LogP contribution in [0.25, 0.3) is 0 Å². The van der Waals surface area contributed by atoms with Crippen LogP contribution in [0.3, 0.4) is 0 Å². The first kappa shape index (κ1) is 14.0. The van der Waals surface area contributed by atoms with Crippen LogP contribution in [0.5, 0.6) is 11.5 Å². The van der Waals surface area contributed by atoms with E-state index in [9.17, 15) is 0 Å². The van der Waals surface area contributed by atoms with Crippen LogP contribution in [0.1, 0.15) is 24.1 Å². The number of ether oxygens (including phenoxy) is 2. The molecule has 1 aliphatic rings. The van der Waals surface area contributed by atoms with Crippen molar-refractivity contribution < 1.29 is 9.47 Å². The minimum absolute atomic E-state index is 0.0302. The van der Waals surface area contributed by atoms with E-state index in [-0.39, 0.29) is 12.1 Å². The molecule has 0 spiro atoms. The van der Waals surface area contributed by atoms with Crippen molar-refractivity contribution in [1.82, 2.24) is 5.32 Å². The summed E-state index contributed by atoms with van der Waals surface area (Å²) in [6.07, 6.45) is 1.03. The van der Waals surface area contributed by atoms with Crippen molar-refractivity contribution in [3.8, 4) is 11.5 Å². The summed E-state index contributed by atoms with van der Waals surface area (Å²) in [6.45, 7) is 2.72. The number of benzene rings is 2. The van der Waals surface area contributed by atoms with Crippen molar-refractivity contribution in [2.24, 2.45) is 0 Å². The third-order valence-corrected chi connectivity index (χ3v) is 3.96. The van der Waals surface area contributed by atoms with Gasteiger partial charge in [-0.2, -0.15) is 0 Å². The second-order valence-electron chi connectivity index (χ2n) is 5.28. The largest absolute Gasteiger partial charge is 0.486 e. The Balaban J connectivity index is 1.80.